The first-order chi connectivity index (χ1) is 14.6. The van der Waals surface area contributed by atoms with Crippen molar-refractivity contribution in [3.8, 4) is 11.5 Å². The molecular formula is C19H14ClF5N2O4. The average Bonchev–Trinajstić information content (AvgIpc) is 2.69. The fourth-order valence-electron chi connectivity index (χ4n) is 2.59. The van der Waals surface area contributed by atoms with Gasteiger partial charge in [0, 0.05) is 6.08 Å². The number of urea groups is 1. The van der Waals surface area contributed by atoms with Crippen LogP contribution in [0, 0.1) is 11.6 Å². The van der Waals surface area contributed by atoms with E-state index in [0.29, 0.717) is 6.07 Å². The van der Waals surface area contributed by atoms with Crippen LogP contribution in [0.1, 0.15) is 11.1 Å². The molecule has 6 nitrogen and oxygen atoms in total. The van der Waals surface area contributed by atoms with Crippen LogP contribution in [0.5, 0.6) is 11.5 Å². The number of carbonyl (C=O) groups is 1. The van der Waals surface area contributed by atoms with Crippen molar-refractivity contribution < 1.29 is 41.0 Å². The van der Waals surface area contributed by atoms with Gasteiger partial charge in [0.05, 0.1) is 24.3 Å². The zero-order valence-electron chi connectivity index (χ0n) is 15.6. The monoisotopic (exact) mass is 464 g/mol. The largest absolute Gasteiger partial charge is 0.482 e. The molecule has 1 heterocycles. The predicted molar refractivity (Wildman–Crippen MR) is 98.2 cm³/mol. The third-order valence-corrected chi connectivity index (χ3v) is 4.31. The third-order valence-electron chi connectivity index (χ3n) is 3.98. The number of hydrogen-bond acceptors (Lipinski definition) is 4. The van der Waals surface area contributed by atoms with E-state index in [2.05, 4.69) is 10.6 Å². The Labute approximate surface area is 177 Å². The van der Waals surface area contributed by atoms with Crippen LogP contribution in [0.2, 0.25) is 5.02 Å². The SMILES string of the molecule is COC1=CC(OCc2cc(F)c(Oc3ccc(Cl)c(C(F)(F)F)c3)c(F)c2)NC(=O)N1. The Morgan fingerprint density at radius 3 is 2.42 bits per heavy atom. The standard InChI is InChI=1S/C19H14ClF5N2O4/c1-29-15-7-16(27-18(28)26-15)30-8-9-4-13(21)17(14(22)5-9)31-10-2-3-12(20)11(6-10)19(23,24)25/h2-7,16H,8H2,1H3,(H2,26,27,28). The van der Waals surface area contributed by atoms with Crippen LogP contribution in [0.3, 0.4) is 0 Å². The Bertz CT molecular complexity index is 1010. The molecule has 2 aromatic rings. The summed E-state index contributed by atoms with van der Waals surface area (Å²) >= 11 is 5.51. The smallest absolute Gasteiger partial charge is 0.417 e. The predicted octanol–water partition coefficient (Wildman–Crippen LogP) is 5.07. The van der Waals surface area contributed by atoms with Gasteiger partial charge in [-0.3, -0.25) is 5.32 Å². The first kappa shape index (κ1) is 22.6. The molecule has 166 valence electrons. The molecule has 1 aliphatic rings. The van der Waals surface area contributed by atoms with Crippen molar-refractivity contribution in [2.75, 3.05) is 7.11 Å². The van der Waals surface area contributed by atoms with E-state index in [1.807, 2.05) is 0 Å². The summed E-state index contributed by atoms with van der Waals surface area (Å²) in [6.07, 6.45) is -4.29. The minimum atomic E-state index is -4.77. The van der Waals surface area contributed by atoms with E-state index >= 15 is 0 Å². The Morgan fingerprint density at radius 2 is 1.81 bits per heavy atom. The van der Waals surface area contributed by atoms with Gasteiger partial charge in [0.15, 0.2) is 29.5 Å². The molecule has 31 heavy (non-hydrogen) atoms. The quantitative estimate of drug-likeness (QED) is 0.586. The molecule has 1 atom stereocenters. The highest BCUT2D eigenvalue weighted by atomic mass is 35.5. The average molecular weight is 465 g/mol. The van der Waals surface area contributed by atoms with Crippen molar-refractivity contribution in [3.05, 3.63) is 70.1 Å². The summed E-state index contributed by atoms with van der Waals surface area (Å²) in [5.74, 6) is -3.53. The van der Waals surface area contributed by atoms with Crippen LogP contribution in [-0.4, -0.2) is 19.4 Å². The molecule has 2 amide bonds. The number of rotatable bonds is 6. The van der Waals surface area contributed by atoms with Gasteiger partial charge in [-0.05, 0) is 35.9 Å². The minimum Gasteiger partial charge on any atom is -0.482 e. The fraction of sp³-hybridized carbons (Fsp3) is 0.211. The highest BCUT2D eigenvalue weighted by molar-refractivity contribution is 6.31. The number of nitrogens with one attached hydrogen (secondary N) is 2. The maximum atomic E-state index is 14.4. The fourth-order valence-corrected chi connectivity index (χ4v) is 2.81. The third kappa shape index (κ3) is 5.56. The van der Waals surface area contributed by atoms with Gasteiger partial charge in [0.1, 0.15) is 5.75 Å². The van der Waals surface area contributed by atoms with Crippen LogP contribution in [-0.2, 0) is 22.3 Å². The van der Waals surface area contributed by atoms with Crippen molar-refractivity contribution in [2.24, 2.45) is 0 Å². The molecule has 2 N–H and O–H groups in total. The zero-order chi connectivity index (χ0) is 22.8. The van der Waals surface area contributed by atoms with Crippen LogP contribution < -0.4 is 15.4 Å². The number of benzene rings is 2. The molecule has 12 heteroatoms. The van der Waals surface area contributed by atoms with E-state index < -0.39 is 52.2 Å². The summed E-state index contributed by atoms with van der Waals surface area (Å²) in [7, 11) is 1.33. The number of hydrogen-bond donors (Lipinski definition) is 2. The van der Waals surface area contributed by atoms with E-state index in [4.69, 9.17) is 25.8 Å². The van der Waals surface area contributed by atoms with Gasteiger partial charge in [-0.1, -0.05) is 11.6 Å². The molecule has 1 unspecified atom stereocenters. The molecule has 2 aromatic carbocycles. The van der Waals surface area contributed by atoms with Crippen LogP contribution in [0.15, 0.2) is 42.3 Å². The van der Waals surface area contributed by atoms with Crippen molar-refractivity contribution >= 4 is 17.6 Å². The van der Waals surface area contributed by atoms with Gasteiger partial charge >= 0.3 is 12.2 Å². The van der Waals surface area contributed by atoms with E-state index in [1.54, 1.807) is 0 Å². The zero-order valence-corrected chi connectivity index (χ0v) is 16.4. The van der Waals surface area contributed by atoms with Crippen LogP contribution in [0.4, 0.5) is 26.7 Å². The lowest BCUT2D eigenvalue weighted by Gasteiger charge is -2.22. The maximum absolute atomic E-state index is 14.4. The number of alkyl halides is 3. The second kappa shape index (κ2) is 8.98. The van der Waals surface area contributed by atoms with Gasteiger partial charge in [-0.2, -0.15) is 13.2 Å². The van der Waals surface area contributed by atoms with Gasteiger partial charge in [0.25, 0.3) is 0 Å². The van der Waals surface area contributed by atoms with Gasteiger partial charge < -0.3 is 19.5 Å². The van der Waals surface area contributed by atoms with Crippen molar-refractivity contribution in [1.29, 1.82) is 0 Å². The van der Waals surface area contributed by atoms with E-state index in [0.717, 1.165) is 24.3 Å². The van der Waals surface area contributed by atoms with Crippen LogP contribution >= 0.6 is 11.6 Å². The summed E-state index contributed by atoms with van der Waals surface area (Å²) in [5.41, 5.74) is -1.15. The van der Waals surface area contributed by atoms with E-state index in [9.17, 15) is 26.7 Å². The van der Waals surface area contributed by atoms with E-state index in [1.165, 1.54) is 13.2 Å². The normalized spacial score (nSPS) is 16.3. The minimum absolute atomic E-state index is 0.0505. The molecule has 0 saturated heterocycles. The number of carbonyl (C=O) groups excluding carboxylic acids is 1. The molecule has 0 radical (unpaired) electrons. The highest BCUT2D eigenvalue weighted by Crippen LogP contribution is 2.38. The molecule has 0 aliphatic carbocycles. The number of amides is 2. The highest BCUT2D eigenvalue weighted by Gasteiger charge is 2.33. The Morgan fingerprint density at radius 1 is 1.13 bits per heavy atom. The van der Waals surface area contributed by atoms with Crippen molar-refractivity contribution in [3.63, 3.8) is 0 Å². The molecule has 1 aliphatic heterocycles. The summed E-state index contributed by atoms with van der Waals surface area (Å²) in [4.78, 5) is 11.4. The van der Waals surface area contributed by atoms with Crippen molar-refractivity contribution in [1.82, 2.24) is 10.6 Å². The molecule has 0 saturated carbocycles. The lowest BCUT2D eigenvalue weighted by atomic mass is 10.2. The first-order valence-corrected chi connectivity index (χ1v) is 8.92. The number of ether oxygens (including phenoxy) is 3. The summed E-state index contributed by atoms with van der Waals surface area (Å²) in [6, 6.07) is 3.69. The molecule has 0 fully saturated rings. The van der Waals surface area contributed by atoms with Crippen molar-refractivity contribution in [2.45, 2.75) is 19.0 Å². The topological polar surface area (TPSA) is 68.8 Å². The van der Waals surface area contributed by atoms with E-state index in [-0.39, 0.29) is 18.1 Å². The Hall–Kier alpha value is -3.05. The molecular weight excluding hydrogens is 451 g/mol. The Balaban J connectivity index is 1.75. The second-order valence-corrected chi connectivity index (χ2v) is 6.60. The lowest BCUT2D eigenvalue weighted by molar-refractivity contribution is -0.137. The van der Waals surface area contributed by atoms with Gasteiger partial charge in [-0.15, -0.1) is 0 Å². The molecule has 0 aromatic heterocycles. The molecule has 0 bridgehead atoms. The molecule has 3 rings (SSSR count). The summed E-state index contributed by atoms with van der Waals surface area (Å²) in [5, 5.41) is 4.18. The number of halogens is 6. The van der Waals surface area contributed by atoms with Gasteiger partial charge in [0.2, 0.25) is 0 Å². The maximum Gasteiger partial charge on any atom is 0.417 e. The lowest BCUT2D eigenvalue weighted by Crippen LogP contribution is -2.47. The van der Waals surface area contributed by atoms with Crippen LogP contribution in [0.25, 0.3) is 0 Å². The first-order valence-electron chi connectivity index (χ1n) is 8.54. The Kier molecular flexibility index (Phi) is 6.56. The second-order valence-electron chi connectivity index (χ2n) is 6.20. The molecule has 0 spiro atoms. The summed E-state index contributed by atoms with van der Waals surface area (Å²) < 4.78 is 82.8. The summed E-state index contributed by atoms with van der Waals surface area (Å²) in [6.45, 7) is -0.300. The number of methoxy groups -OCH3 is 1. The van der Waals surface area contributed by atoms with Gasteiger partial charge in [-0.25, -0.2) is 13.6 Å².